The van der Waals surface area contributed by atoms with Gasteiger partial charge in [0.1, 0.15) is 5.82 Å². The second-order valence-corrected chi connectivity index (χ2v) is 6.69. The second kappa shape index (κ2) is 12.7. The number of morpholine rings is 1. The van der Waals surface area contributed by atoms with Gasteiger partial charge in [0.05, 0.1) is 38.6 Å². The van der Waals surface area contributed by atoms with E-state index in [1.165, 1.54) is 12.1 Å². The lowest BCUT2D eigenvalue weighted by molar-refractivity contribution is 0.0170. The number of nitrogens with one attached hydrogen (secondary N) is 2. The lowest BCUT2D eigenvalue weighted by atomic mass is 10.0. The van der Waals surface area contributed by atoms with Crippen LogP contribution in [-0.4, -0.2) is 62.8 Å². The number of methoxy groups -OCH3 is 1. The maximum Gasteiger partial charge on any atom is 0.213 e. The molecule has 0 radical (unpaired) electrons. The molecule has 1 unspecified atom stereocenters. The van der Waals surface area contributed by atoms with E-state index >= 15 is 0 Å². The van der Waals surface area contributed by atoms with E-state index in [9.17, 15) is 4.39 Å². The van der Waals surface area contributed by atoms with Crippen LogP contribution in [0.1, 0.15) is 17.3 Å². The van der Waals surface area contributed by atoms with Gasteiger partial charge in [-0.15, -0.1) is 24.0 Å². The summed E-state index contributed by atoms with van der Waals surface area (Å²) in [6.45, 7) is 4.23. The molecule has 0 bridgehead atoms. The van der Waals surface area contributed by atoms with E-state index < -0.39 is 0 Å². The number of hydrogen-bond donors (Lipinski definition) is 2. The van der Waals surface area contributed by atoms with E-state index in [0.717, 1.165) is 24.3 Å². The van der Waals surface area contributed by atoms with E-state index in [1.54, 1.807) is 14.2 Å². The third-order valence-corrected chi connectivity index (χ3v) is 4.85. The topological polar surface area (TPSA) is 71.0 Å². The average molecular weight is 529 g/mol. The van der Waals surface area contributed by atoms with Crippen LogP contribution in [0.2, 0.25) is 0 Å². The van der Waals surface area contributed by atoms with Gasteiger partial charge in [-0.2, -0.15) is 0 Å². The molecule has 7 nitrogen and oxygen atoms in total. The molecule has 0 spiro atoms. The van der Waals surface area contributed by atoms with Crippen LogP contribution in [0.4, 0.5) is 4.39 Å². The Morgan fingerprint density at radius 1 is 1.20 bits per heavy atom. The summed E-state index contributed by atoms with van der Waals surface area (Å²) in [5, 5.41) is 6.66. The van der Waals surface area contributed by atoms with Gasteiger partial charge in [0, 0.05) is 32.7 Å². The van der Waals surface area contributed by atoms with Crippen LogP contribution < -0.4 is 15.4 Å². The number of halogens is 2. The summed E-state index contributed by atoms with van der Waals surface area (Å²) in [6, 6.07) is 12.4. The number of guanidine groups is 1. The molecule has 30 heavy (non-hydrogen) atoms. The highest BCUT2D eigenvalue weighted by molar-refractivity contribution is 14.0. The fourth-order valence-corrected chi connectivity index (χ4v) is 3.29. The van der Waals surface area contributed by atoms with Gasteiger partial charge in [-0.05, 0) is 23.8 Å². The molecule has 1 aliphatic heterocycles. The van der Waals surface area contributed by atoms with Crippen LogP contribution in [0.3, 0.4) is 0 Å². The molecule has 1 aromatic heterocycles. The Hall–Kier alpha value is -1.98. The van der Waals surface area contributed by atoms with Crippen molar-refractivity contribution in [3.8, 4) is 5.88 Å². The minimum Gasteiger partial charge on any atom is -0.481 e. The maximum atomic E-state index is 13.4. The number of pyridine rings is 1. The average Bonchev–Trinajstić information content (AvgIpc) is 2.78. The van der Waals surface area contributed by atoms with Gasteiger partial charge in [0.25, 0.3) is 0 Å². The molecule has 9 heteroatoms. The molecule has 0 amide bonds. The van der Waals surface area contributed by atoms with Crippen LogP contribution in [0.25, 0.3) is 0 Å². The molecule has 1 aliphatic rings. The largest absolute Gasteiger partial charge is 0.481 e. The molecule has 0 saturated carbocycles. The number of aliphatic imine (C=N–C) groups is 1. The monoisotopic (exact) mass is 529 g/mol. The van der Waals surface area contributed by atoms with Crippen molar-refractivity contribution in [2.75, 3.05) is 47.0 Å². The van der Waals surface area contributed by atoms with Crippen molar-refractivity contribution in [2.45, 2.75) is 12.6 Å². The molecular formula is C21H29FIN5O2. The lowest BCUT2D eigenvalue weighted by Crippen LogP contribution is -2.46. The number of benzene rings is 1. The van der Waals surface area contributed by atoms with Crippen molar-refractivity contribution in [3.05, 3.63) is 59.5 Å². The number of nitrogens with zero attached hydrogens (tertiary/aromatic N) is 3. The highest BCUT2D eigenvalue weighted by Crippen LogP contribution is 2.21. The zero-order valence-corrected chi connectivity index (χ0v) is 19.6. The van der Waals surface area contributed by atoms with Gasteiger partial charge in [-0.3, -0.25) is 9.89 Å². The van der Waals surface area contributed by atoms with Crippen molar-refractivity contribution in [2.24, 2.45) is 4.99 Å². The first-order valence-electron chi connectivity index (χ1n) is 9.71. The van der Waals surface area contributed by atoms with Crippen LogP contribution in [0.5, 0.6) is 5.88 Å². The first-order chi connectivity index (χ1) is 14.2. The quantitative estimate of drug-likeness (QED) is 0.327. The van der Waals surface area contributed by atoms with Crippen LogP contribution in [0.15, 0.2) is 47.5 Å². The second-order valence-electron chi connectivity index (χ2n) is 6.69. The number of ether oxygens (including phenoxy) is 2. The summed E-state index contributed by atoms with van der Waals surface area (Å²) < 4.78 is 24.0. The Kier molecular flexibility index (Phi) is 10.2. The molecule has 1 saturated heterocycles. The standard InChI is InChI=1S/C21H28FN5O2.HI/c1-23-21(24-14-18-4-3-5-20(26-18)28-2)25-15-19(27-10-12-29-13-11-27)16-6-8-17(22)9-7-16;/h3-9,19H,10-15H2,1-2H3,(H2,23,24,25);1H. The summed E-state index contributed by atoms with van der Waals surface area (Å²) >= 11 is 0. The highest BCUT2D eigenvalue weighted by Gasteiger charge is 2.23. The van der Waals surface area contributed by atoms with Crippen molar-refractivity contribution in [1.29, 1.82) is 0 Å². The molecule has 2 N–H and O–H groups in total. The fourth-order valence-electron chi connectivity index (χ4n) is 3.29. The van der Waals surface area contributed by atoms with Gasteiger partial charge in [0.2, 0.25) is 5.88 Å². The van der Waals surface area contributed by atoms with Crippen LogP contribution in [0, 0.1) is 5.82 Å². The predicted octanol–water partition coefficient (Wildman–Crippen LogP) is 2.59. The first kappa shape index (κ1) is 24.3. The number of rotatable bonds is 7. The molecule has 2 aromatic rings. The minimum absolute atomic E-state index is 0. The smallest absolute Gasteiger partial charge is 0.213 e. The Bertz CT molecular complexity index is 800. The van der Waals surface area contributed by atoms with E-state index in [2.05, 4.69) is 25.5 Å². The van der Waals surface area contributed by atoms with Gasteiger partial charge >= 0.3 is 0 Å². The maximum absolute atomic E-state index is 13.4. The van der Waals surface area contributed by atoms with Gasteiger partial charge in [0.15, 0.2) is 5.96 Å². The molecule has 0 aliphatic carbocycles. The Morgan fingerprint density at radius 3 is 2.60 bits per heavy atom. The lowest BCUT2D eigenvalue weighted by Gasteiger charge is -2.35. The molecule has 1 aromatic carbocycles. The van der Waals surface area contributed by atoms with Gasteiger partial charge in [-0.25, -0.2) is 9.37 Å². The van der Waals surface area contributed by atoms with Crippen molar-refractivity contribution >= 4 is 29.9 Å². The zero-order chi connectivity index (χ0) is 20.5. The molecular weight excluding hydrogens is 500 g/mol. The molecule has 2 heterocycles. The Balaban J connectivity index is 0.00000320. The minimum atomic E-state index is -0.231. The summed E-state index contributed by atoms with van der Waals surface area (Å²) in [5.41, 5.74) is 1.92. The van der Waals surface area contributed by atoms with Crippen LogP contribution >= 0.6 is 24.0 Å². The van der Waals surface area contributed by atoms with Crippen molar-refractivity contribution in [3.63, 3.8) is 0 Å². The molecule has 1 atom stereocenters. The third kappa shape index (κ3) is 7.06. The normalized spacial score (nSPS) is 15.8. The van der Waals surface area contributed by atoms with E-state index in [4.69, 9.17) is 9.47 Å². The van der Waals surface area contributed by atoms with Crippen molar-refractivity contribution < 1.29 is 13.9 Å². The predicted molar refractivity (Wildman–Crippen MR) is 126 cm³/mol. The summed E-state index contributed by atoms with van der Waals surface area (Å²) in [6.07, 6.45) is 0. The fraction of sp³-hybridized carbons (Fsp3) is 0.429. The Labute approximate surface area is 194 Å². The summed E-state index contributed by atoms with van der Waals surface area (Å²) in [5.74, 6) is 1.02. The van der Waals surface area contributed by atoms with Gasteiger partial charge < -0.3 is 20.1 Å². The highest BCUT2D eigenvalue weighted by atomic mass is 127. The number of aromatic nitrogens is 1. The SMILES string of the molecule is CN=C(NCc1cccc(OC)n1)NCC(c1ccc(F)cc1)N1CCOCC1.I. The molecule has 1 fully saturated rings. The zero-order valence-electron chi connectivity index (χ0n) is 17.3. The van der Waals surface area contributed by atoms with Crippen LogP contribution in [-0.2, 0) is 11.3 Å². The van der Waals surface area contributed by atoms with Gasteiger partial charge in [-0.1, -0.05) is 18.2 Å². The van der Waals surface area contributed by atoms with Crippen molar-refractivity contribution in [1.82, 2.24) is 20.5 Å². The molecule has 164 valence electrons. The summed E-state index contributed by atoms with van der Waals surface area (Å²) in [4.78, 5) is 11.0. The van der Waals surface area contributed by atoms with E-state index in [-0.39, 0.29) is 35.8 Å². The van der Waals surface area contributed by atoms with E-state index in [1.807, 2.05) is 30.3 Å². The Morgan fingerprint density at radius 2 is 1.93 bits per heavy atom. The number of hydrogen-bond acceptors (Lipinski definition) is 5. The van der Waals surface area contributed by atoms with E-state index in [0.29, 0.717) is 38.1 Å². The summed E-state index contributed by atoms with van der Waals surface area (Å²) in [7, 11) is 3.33. The first-order valence-corrected chi connectivity index (χ1v) is 9.71. The molecule has 3 rings (SSSR count). The third-order valence-electron chi connectivity index (χ3n) is 4.85.